The van der Waals surface area contributed by atoms with Crippen LogP contribution in [0.1, 0.15) is 34.0 Å². The van der Waals surface area contributed by atoms with Crippen LogP contribution in [0.3, 0.4) is 0 Å². The lowest BCUT2D eigenvalue weighted by molar-refractivity contribution is 0.0945. The van der Waals surface area contributed by atoms with Gasteiger partial charge in [0.15, 0.2) is 5.78 Å². The van der Waals surface area contributed by atoms with Crippen molar-refractivity contribution in [3.8, 4) is 0 Å². The van der Waals surface area contributed by atoms with Gasteiger partial charge in [-0.25, -0.2) is 0 Å². The topological polar surface area (TPSA) is 17.1 Å². The maximum atomic E-state index is 11.8. The Kier molecular flexibility index (Phi) is 1.76. The van der Waals surface area contributed by atoms with Crippen LogP contribution < -0.4 is 0 Å². The van der Waals surface area contributed by atoms with E-state index in [0.717, 1.165) is 12.0 Å². The van der Waals surface area contributed by atoms with Crippen LogP contribution in [0.5, 0.6) is 0 Å². The molecule has 0 amide bonds. The Labute approximate surface area is 78.8 Å². The number of hydrogen-bond acceptors (Lipinski definition) is 1. The lowest BCUT2D eigenvalue weighted by Gasteiger charge is -2.05. The molecule has 1 aliphatic carbocycles. The minimum atomic E-state index is 0.190. The van der Waals surface area contributed by atoms with E-state index in [4.69, 9.17) is 0 Å². The molecule has 1 heteroatoms. The van der Waals surface area contributed by atoms with Crippen molar-refractivity contribution in [1.82, 2.24) is 0 Å². The van der Waals surface area contributed by atoms with Gasteiger partial charge in [0.2, 0.25) is 0 Å². The summed E-state index contributed by atoms with van der Waals surface area (Å²) in [4.78, 5) is 11.8. The van der Waals surface area contributed by atoms with E-state index in [1.807, 2.05) is 13.8 Å². The van der Waals surface area contributed by atoms with Gasteiger partial charge in [-0.15, -0.1) is 0 Å². The van der Waals surface area contributed by atoms with E-state index in [9.17, 15) is 4.79 Å². The highest BCUT2D eigenvalue weighted by molar-refractivity contribution is 6.03. The number of rotatable bonds is 0. The maximum absolute atomic E-state index is 11.8. The summed E-state index contributed by atoms with van der Waals surface area (Å²) < 4.78 is 0. The third-order valence-electron chi connectivity index (χ3n) is 3.04. The highest BCUT2D eigenvalue weighted by Gasteiger charge is 2.28. The molecule has 68 valence electrons. The Morgan fingerprint density at radius 1 is 1.31 bits per heavy atom. The summed E-state index contributed by atoms with van der Waals surface area (Å²) in [5.74, 6) is 0.520. The molecule has 1 unspecified atom stereocenters. The summed E-state index contributed by atoms with van der Waals surface area (Å²) in [7, 11) is 0. The number of aryl methyl sites for hydroxylation is 1. The molecule has 0 aliphatic heterocycles. The number of carbonyl (C=O) groups is 1. The average Bonchev–Trinajstić information content (AvgIpc) is 2.37. The van der Waals surface area contributed by atoms with E-state index in [2.05, 4.69) is 19.1 Å². The SMILES string of the molecule is Cc1ccc2c(c1C)C(=O)C(C)C2. The number of hydrogen-bond donors (Lipinski definition) is 0. The molecule has 2 rings (SSSR count). The van der Waals surface area contributed by atoms with Gasteiger partial charge in [0.05, 0.1) is 0 Å². The minimum absolute atomic E-state index is 0.190. The molecule has 0 saturated heterocycles. The molecule has 0 heterocycles. The lowest BCUT2D eigenvalue weighted by Crippen LogP contribution is -2.05. The monoisotopic (exact) mass is 174 g/mol. The van der Waals surface area contributed by atoms with Gasteiger partial charge in [0.1, 0.15) is 0 Å². The highest BCUT2D eigenvalue weighted by Crippen LogP contribution is 2.30. The summed E-state index contributed by atoms with van der Waals surface area (Å²) in [6, 6.07) is 4.21. The zero-order chi connectivity index (χ0) is 9.59. The largest absolute Gasteiger partial charge is 0.294 e. The van der Waals surface area contributed by atoms with Gasteiger partial charge in [-0.2, -0.15) is 0 Å². The number of carbonyl (C=O) groups excluding carboxylic acids is 1. The Hall–Kier alpha value is -1.11. The second-order valence-corrected chi connectivity index (χ2v) is 4.01. The van der Waals surface area contributed by atoms with Crippen molar-refractivity contribution in [2.45, 2.75) is 27.2 Å². The van der Waals surface area contributed by atoms with Crippen LogP contribution in [0.15, 0.2) is 12.1 Å². The molecule has 1 nitrogen and oxygen atoms in total. The predicted octanol–water partition coefficient (Wildman–Crippen LogP) is 2.68. The fourth-order valence-electron chi connectivity index (χ4n) is 2.05. The molecule has 0 spiro atoms. The predicted molar refractivity (Wildman–Crippen MR) is 53.1 cm³/mol. The van der Waals surface area contributed by atoms with Crippen molar-refractivity contribution in [3.05, 3.63) is 34.4 Å². The Bertz CT molecular complexity index is 377. The van der Waals surface area contributed by atoms with Crippen molar-refractivity contribution in [3.63, 3.8) is 0 Å². The first kappa shape index (κ1) is 8.49. The third-order valence-corrected chi connectivity index (χ3v) is 3.04. The minimum Gasteiger partial charge on any atom is -0.294 e. The lowest BCUT2D eigenvalue weighted by atomic mass is 9.99. The standard InChI is InChI=1S/C12H14O/c1-7-4-5-10-6-8(2)12(13)11(10)9(7)3/h4-5,8H,6H2,1-3H3. The van der Waals surface area contributed by atoms with Crippen molar-refractivity contribution in [2.24, 2.45) is 5.92 Å². The zero-order valence-corrected chi connectivity index (χ0v) is 8.35. The van der Waals surface area contributed by atoms with Crippen molar-refractivity contribution in [1.29, 1.82) is 0 Å². The van der Waals surface area contributed by atoms with Gasteiger partial charge >= 0.3 is 0 Å². The average molecular weight is 174 g/mol. The van der Waals surface area contributed by atoms with Gasteiger partial charge in [0.25, 0.3) is 0 Å². The molecule has 0 fully saturated rings. The van der Waals surface area contributed by atoms with Crippen LogP contribution in [0.2, 0.25) is 0 Å². The summed E-state index contributed by atoms with van der Waals surface area (Å²) >= 11 is 0. The van der Waals surface area contributed by atoms with Crippen LogP contribution in [-0.4, -0.2) is 5.78 Å². The fourth-order valence-corrected chi connectivity index (χ4v) is 2.05. The second kappa shape index (κ2) is 2.69. The van der Waals surface area contributed by atoms with E-state index in [-0.39, 0.29) is 5.92 Å². The molecular weight excluding hydrogens is 160 g/mol. The molecule has 0 bridgehead atoms. The Morgan fingerprint density at radius 3 is 2.69 bits per heavy atom. The first-order valence-corrected chi connectivity index (χ1v) is 4.74. The number of ketones is 1. The molecule has 0 aromatic heterocycles. The van der Waals surface area contributed by atoms with E-state index in [1.165, 1.54) is 16.7 Å². The molecular formula is C12H14O. The normalized spacial score (nSPS) is 20.5. The van der Waals surface area contributed by atoms with E-state index in [1.54, 1.807) is 0 Å². The summed E-state index contributed by atoms with van der Waals surface area (Å²) in [5.41, 5.74) is 4.63. The van der Waals surface area contributed by atoms with Gasteiger partial charge < -0.3 is 0 Å². The molecule has 0 radical (unpaired) electrons. The number of fused-ring (bicyclic) bond motifs is 1. The highest BCUT2D eigenvalue weighted by atomic mass is 16.1. The molecule has 0 saturated carbocycles. The molecule has 1 aliphatic rings. The molecule has 1 aromatic carbocycles. The molecule has 1 aromatic rings. The first-order valence-electron chi connectivity index (χ1n) is 4.74. The van der Waals surface area contributed by atoms with E-state index < -0.39 is 0 Å². The summed E-state index contributed by atoms with van der Waals surface area (Å²) in [6.07, 6.45) is 0.926. The third kappa shape index (κ3) is 1.11. The Balaban J connectivity index is 2.66. The van der Waals surface area contributed by atoms with Crippen molar-refractivity contribution >= 4 is 5.78 Å². The summed E-state index contributed by atoms with van der Waals surface area (Å²) in [5, 5.41) is 0. The smallest absolute Gasteiger partial charge is 0.166 e. The van der Waals surface area contributed by atoms with Gasteiger partial charge in [-0.3, -0.25) is 4.79 Å². The van der Waals surface area contributed by atoms with Gasteiger partial charge in [-0.05, 0) is 37.0 Å². The van der Waals surface area contributed by atoms with Crippen LogP contribution in [-0.2, 0) is 6.42 Å². The van der Waals surface area contributed by atoms with Crippen LogP contribution in [0.25, 0.3) is 0 Å². The first-order chi connectivity index (χ1) is 6.11. The maximum Gasteiger partial charge on any atom is 0.166 e. The number of Topliss-reactive ketones (excluding diaryl/α,β-unsaturated/α-hetero) is 1. The fraction of sp³-hybridized carbons (Fsp3) is 0.417. The van der Waals surface area contributed by atoms with Crippen molar-refractivity contribution in [2.75, 3.05) is 0 Å². The summed E-state index contributed by atoms with van der Waals surface area (Å²) in [6.45, 7) is 6.12. The molecule has 13 heavy (non-hydrogen) atoms. The Morgan fingerprint density at radius 2 is 2.00 bits per heavy atom. The van der Waals surface area contributed by atoms with E-state index in [0.29, 0.717) is 5.78 Å². The van der Waals surface area contributed by atoms with E-state index >= 15 is 0 Å². The second-order valence-electron chi connectivity index (χ2n) is 4.01. The molecule has 1 atom stereocenters. The number of benzene rings is 1. The molecule has 0 N–H and O–H groups in total. The van der Waals surface area contributed by atoms with Crippen molar-refractivity contribution < 1.29 is 4.79 Å². The van der Waals surface area contributed by atoms with Crippen LogP contribution >= 0.6 is 0 Å². The van der Waals surface area contributed by atoms with Gasteiger partial charge in [-0.1, -0.05) is 19.1 Å². The van der Waals surface area contributed by atoms with Gasteiger partial charge in [0, 0.05) is 11.5 Å². The van der Waals surface area contributed by atoms with Crippen LogP contribution in [0.4, 0.5) is 0 Å². The zero-order valence-electron chi connectivity index (χ0n) is 8.35. The quantitative estimate of drug-likeness (QED) is 0.591. The van der Waals surface area contributed by atoms with Crippen LogP contribution in [0, 0.1) is 19.8 Å².